The standard InChI is InChI=1S/C19H22N6S/c1-13-14(2)21-19(26-3)23-18(13)25-10-8-24(9-11-25)17-12-20-15-6-4-5-7-16(15)22-17/h4-7,12H,8-11H2,1-3H3. The normalized spacial score (nSPS) is 14.9. The van der Waals surface area contributed by atoms with E-state index in [1.807, 2.05) is 36.7 Å². The minimum Gasteiger partial charge on any atom is -0.353 e. The molecule has 0 amide bonds. The molecule has 4 rings (SSSR count). The highest BCUT2D eigenvalue weighted by Crippen LogP contribution is 2.25. The number of fused-ring (bicyclic) bond motifs is 1. The Balaban J connectivity index is 1.53. The first-order valence-electron chi connectivity index (χ1n) is 8.76. The van der Waals surface area contributed by atoms with Crippen LogP contribution in [-0.2, 0) is 0 Å². The summed E-state index contributed by atoms with van der Waals surface area (Å²) in [6.07, 6.45) is 3.90. The largest absolute Gasteiger partial charge is 0.353 e. The van der Waals surface area contributed by atoms with Crippen LogP contribution in [0.5, 0.6) is 0 Å². The molecule has 0 N–H and O–H groups in total. The highest BCUT2D eigenvalue weighted by molar-refractivity contribution is 7.98. The summed E-state index contributed by atoms with van der Waals surface area (Å²) in [5.74, 6) is 2.01. The van der Waals surface area contributed by atoms with Crippen molar-refractivity contribution in [2.24, 2.45) is 0 Å². The smallest absolute Gasteiger partial charge is 0.189 e. The number of para-hydroxylation sites is 2. The Morgan fingerprint density at radius 2 is 1.58 bits per heavy atom. The van der Waals surface area contributed by atoms with Gasteiger partial charge in [0, 0.05) is 37.4 Å². The number of thioether (sulfide) groups is 1. The van der Waals surface area contributed by atoms with Crippen LogP contribution in [0, 0.1) is 13.8 Å². The minimum atomic E-state index is 0.839. The Bertz CT molecular complexity index is 936. The third-order valence-corrected chi connectivity index (χ3v) is 5.41. The van der Waals surface area contributed by atoms with Gasteiger partial charge in [-0.1, -0.05) is 23.9 Å². The third kappa shape index (κ3) is 3.19. The number of nitrogens with zero attached hydrogens (tertiary/aromatic N) is 6. The van der Waals surface area contributed by atoms with Crippen molar-refractivity contribution in [3.05, 3.63) is 41.7 Å². The average Bonchev–Trinajstić information content (AvgIpc) is 2.69. The van der Waals surface area contributed by atoms with E-state index < -0.39 is 0 Å². The lowest BCUT2D eigenvalue weighted by molar-refractivity contribution is 0.635. The monoisotopic (exact) mass is 366 g/mol. The van der Waals surface area contributed by atoms with Crippen molar-refractivity contribution in [1.82, 2.24) is 19.9 Å². The van der Waals surface area contributed by atoms with Gasteiger partial charge in [-0.3, -0.25) is 4.98 Å². The number of benzene rings is 1. The summed E-state index contributed by atoms with van der Waals surface area (Å²) in [5, 5.41) is 0.839. The second kappa shape index (κ2) is 7.07. The van der Waals surface area contributed by atoms with Crippen molar-refractivity contribution < 1.29 is 0 Å². The molecule has 0 bridgehead atoms. The number of hydrogen-bond donors (Lipinski definition) is 0. The Morgan fingerprint density at radius 3 is 2.31 bits per heavy atom. The predicted molar refractivity (Wildman–Crippen MR) is 107 cm³/mol. The van der Waals surface area contributed by atoms with Crippen LogP contribution in [0.2, 0.25) is 0 Å². The quantitative estimate of drug-likeness (QED) is 0.521. The lowest BCUT2D eigenvalue weighted by atomic mass is 10.2. The minimum absolute atomic E-state index is 0.839. The first-order chi connectivity index (χ1) is 12.7. The lowest BCUT2D eigenvalue weighted by Gasteiger charge is -2.36. The molecule has 1 fully saturated rings. The number of rotatable bonds is 3. The van der Waals surface area contributed by atoms with Gasteiger partial charge in [-0.2, -0.15) is 0 Å². The van der Waals surface area contributed by atoms with E-state index in [0.717, 1.165) is 59.7 Å². The van der Waals surface area contributed by atoms with Gasteiger partial charge in [0.05, 0.1) is 17.2 Å². The summed E-state index contributed by atoms with van der Waals surface area (Å²) in [7, 11) is 0. The van der Waals surface area contributed by atoms with Crippen LogP contribution in [0.25, 0.3) is 11.0 Å². The fraction of sp³-hybridized carbons (Fsp3) is 0.368. The molecule has 2 aromatic heterocycles. The fourth-order valence-electron chi connectivity index (χ4n) is 3.23. The number of hydrogen-bond acceptors (Lipinski definition) is 7. The van der Waals surface area contributed by atoms with Gasteiger partial charge < -0.3 is 9.80 Å². The molecule has 0 aliphatic carbocycles. The molecule has 3 heterocycles. The number of anilines is 2. The molecule has 1 aromatic carbocycles. The molecule has 134 valence electrons. The molecular weight excluding hydrogens is 344 g/mol. The molecule has 1 aliphatic heterocycles. The average molecular weight is 366 g/mol. The Labute approximate surface area is 157 Å². The van der Waals surface area contributed by atoms with Gasteiger partial charge in [0.25, 0.3) is 0 Å². The lowest BCUT2D eigenvalue weighted by Crippen LogP contribution is -2.47. The van der Waals surface area contributed by atoms with E-state index in [9.17, 15) is 0 Å². The molecule has 1 saturated heterocycles. The summed E-state index contributed by atoms with van der Waals surface area (Å²) in [6, 6.07) is 8.00. The zero-order valence-electron chi connectivity index (χ0n) is 15.3. The molecule has 0 unspecified atom stereocenters. The van der Waals surface area contributed by atoms with E-state index in [0.29, 0.717) is 0 Å². The molecular formula is C19H22N6S. The SMILES string of the molecule is CSc1nc(C)c(C)c(N2CCN(c3cnc4ccccc4n3)CC2)n1. The van der Waals surface area contributed by atoms with Crippen LogP contribution in [0.4, 0.5) is 11.6 Å². The van der Waals surface area contributed by atoms with Crippen LogP contribution < -0.4 is 9.80 Å². The molecule has 0 saturated carbocycles. The second-order valence-electron chi connectivity index (χ2n) is 6.44. The maximum Gasteiger partial charge on any atom is 0.189 e. The van der Waals surface area contributed by atoms with Gasteiger partial charge in [-0.25, -0.2) is 15.0 Å². The van der Waals surface area contributed by atoms with Gasteiger partial charge in [-0.05, 0) is 32.2 Å². The maximum atomic E-state index is 4.77. The van der Waals surface area contributed by atoms with E-state index in [1.165, 1.54) is 5.56 Å². The highest BCUT2D eigenvalue weighted by Gasteiger charge is 2.22. The fourth-order valence-corrected chi connectivity index (χ4v) is 3.64. The molecule has 0 atom stereocenters. The molecule has 1 aliphatic rings. The van der Waals surface area contributed by atoms with E-state index in [4.69, 9.17) is 9.97 Å². The molecule has 3 aromatic rings. The highest BCUT2D eigenvalue weighted by atomic mass is 32.2. The van der Waals surface area contributed by atoms with Gasteiger partial charge in [0.2, 0.25) is 0 Å². The maximum absolute atomic E-state index is 4.77. The van der Waals surface area contributed by atoms with Crippen molar-refractivity contribution in [3.63, 3.8) is 0 Å². The first kappa shape index (κ1) is 17.0. The van der Waals surface area contributed by atoms with Crippen LogP contribution in [0.3, 0.4) is 0 Å². The van der Waals surface area contributed by atoms with Crippen LogP contribution in [0.15, 0.2) is 35.6 Å². The number of aryl methyl sites for hydroxylation is 1. The van der Waals surface area contributed by atoms with Gasteiger partial charge in [-0.15, -0.1) is 0 Å². The van der Waals surface area contributed by atoms with Crippen LogP contribution in [0.1, 0.15) is 11.3 Å². The zero-order valence-corrected chi connectivity index (χ0v) is 16.1. The molecule has 6 nitrogen and oxygen atoms in total. The summed E-state index contributed by atoms with van der Waals surface area (Å²) in [6.45, 7) is 7.81. The van der Waals surface area contributed by atoms with Crippen molar-refractivity contribution in [2.75, 3.05) is 42.2 Å². The van der Waals surface area contributed by atoms with Gasteiger partial charge >= 0.3 is 0 Å². The van der Waals surface area contributed by atoms with Crippen LogP contribution in [-0.4, -0.2) is 52.4 Å². The zero-order chi connectivity index (χ0) is 18.1. The Kier molecular flexibility index (Phi) is 4.63. The Hall–Kier alpha value is -2.41. The van der Waals surface area contributed by atoms with E-state index >= 15 is 0 Å². The van der Waals surface area contributed by atoms with Crippen LogP contribution >= 0.6 is 11.8 Å². The molecule has 7 heteroatoms. The predicted octanol–water partition coefficient (Wildman–Crippen LogP) is 3.09. The molecule has 26 heavy (non-hydrogen) atoms. The Morgan fingerprint density at radius 1 is 0.885 bits per heavy atom. The van der Waals surface area contributed by atoms with E-state index in [2.05, 4.69) is 33.6 Å². The van der Waals surface area contributed by atoms with Gasteiger partial charge in [0.15, 0.2) is 5.16 Å². The van der Waals surface area contributed by atoms with Crippen molar-refractivity contribution in [1.29, 1.82) is 0 Å². The summed E-state index contributed by atoms with van der Waals surface area (Å²) in [5.41, 5.74) is 4.11. The topological polar surface area (TPSA) is 58.0 Å². The van der Waals surface area contributed by atoms with E-state index in [1.54, 1.807) is 11.8 Å². The summed E-state index contributed by atoms with van der Waals surface area (Å²) >= 11 is 1.59. The molecule has 0 radical (unpaired) electrons. The second-order valence-corrected chi connectivity index (χ2v) is 7.21. The summed E-state index contributed by atoms with van der Waals surface area (Å²) in [4.78, 5) is 23.2. The summed E-state index contributed by atoms with van der Waals surface area (Å²) < 4.78 is 0. The van der Waals surface area contributed by atoms with Gasteiger partial charge in [0.1, 0.15) is 11.6 Å². The number of aromatic nitrogens is 4. The molecule has 0 spiro atoms. The third-order valence-electron chi connectivity index (χ3n) is 4.86. The van der Waals surface area contributed by atoms with Crippen molar-refractivity contribution >= 4 is 34.4 Å². The van der Waals surface area contributed by atoms with Crippen molar-refractivity contribution in [2.45, 2.75) is 19.0 Å². The number of piperazine rings is 1. The van der Waals surface area contributed by atoms with Crippen molar-refractivity contribution in [3.8, 4) is 0 Å². The van der Waals surface area contributed by atoms with E-state index in [-0.39, 0.29) is 0 Å². The first-order valence-corrected chi connectivity index (χ1v) is 9.99.